The molecule has 0 aromatic heterocycles. The fourth-order valence-electron chi connectivity index (χ4n) is 4.52. The largest absolute Gasteiger partial charge is 0.492 e. The Balaban J connectivity index is 1.18. The Kier molecular flexibility index (Phi) is 8.59. The molecule has 184 valence electrons. The number of hydrogen-bond acceptors (Lipinski definition) is 5. The predicted molar refractivity (Wildman–Crippen MR) is 132 cm³/mol. The molecule has 2 aliphatic heterocycles. The third kappa shape index (κ3) is 6.58. The SMILES string of the molecule is O=C(CCc1ccc(S(=O)(=O)N2CCCCC2)cc1)N1CCN(CCOc2ccccc2)CC1. The van der Waals surface area contributed by atoms with Crippen molar-refractivity contribution in [2.24, 2.45) is 0 Å². The lowest BCUT2D eigenvalue weighted by Gasteiger charge is -2.34. The maximum atomic E-state index is 12.8. The molecule has 7 nitrogen and oxygen atoms in total. The van der Waals surface area contributed by atoms with Gasteiger partial charge in [-0.1, -0.05) is 36.8 Å². The molecule has 0 saturated carbocycles. The van der Waals surface area contributed by atoms with E-state index < -0.39 is 10.0 Å². The van der Waals surface area contributed by atoms with Crippen LogP contribution in [0, 0.1) is 0 Å². The summed E-state index contributed by atoms with van der Waals surface area (Å²) < 4.78 is 32.9. The van der Waals surface area contributed by atoms with E-state index in [1.165, 1.54) is 0 Å². The van der Waals surface area contributed by atoms with E-state index in [4.69, 9.17) is 4.74 Å². The van der Waals surface area contributed by atoms with Gasteiger partial charge in [-0.2, -0.15) is 4.31 Å². The molecular weight excluding hydrogens is 450 g/mol. The lowest BCUT2D eigenvalue weighted by Crippen LogP contribution is -2.49. The number of hydrogen-bond donors (Lipinski definition) is 0. The summed E-state index contributed by atoms with van der Waals surface area (Å²) >= 11 is 0. The van der Waals surface area contributed by atoms with Crippen LogP contribution >= 0.6 is 0 Å². The number of carbonyl (C=O) groups is 1. The van der Waals surface area contributed by atoms with Crippen LogP contribution in [-0.4, -0.2) is 80.9 Å². The molecule has 2 aliphatic rings. The second-order valence-corrected chi connectivity index (χ2v) is 10.9. The highest BCUT2D eigenvalue weighted by molar-refractivity contribution is 7.89. The molecule has 2 heterocycles. The van der Waals surface area contributed by atoms with Gasteiger partial charge in [0.05, 0.1) is 4.90 Å². The number of carbonyl (C=O) groups excluding carboxylic acids is 1. The van der Waals surface area contributed by atoms with Gasteiger partial charge in [-0.05, 0) is 49.1 Å². The van der Waals surface area contributed by atoms with Crippen LogP contribution in [0.15, 0.2) is 59.5 Å². The van der Waals surface area contributed by atoms with Gasteiger partial charge in [0.1, 0.15) is 12.4 Å². The molecule has 2 saturated heterocycles. The van der Waals surface area contributed by atoms with Crippen molar-refractivity contribution in [2.75, 3.05) is 52.4 Å². The molecule has 0 N–H and O–H groups in total. The van der Waals surface area contributed by atoms with Crippen LogP contribution in [0.1, 0.15) is 31.2 Å². The highest BCUT2D eigenvalue weighted by atomic mass is 32.2. The standard InChI is InChI=1S/C26H35N3O4S/c30-26(28-19-17-27(18-20-28)21-22-33-24-7-3-1-4-8-24)14-11-23-9-12-25(13-10-23)34(31,32)29-15-5-2-6-16-29/h1,3-4,7-10,12-13H,2,5-6,11,14-22H2. The van der Waals surface area contributed by atoms with Crippen molar-refractivity contribution in [3.8, 4) is 5.75 Å². The lowest BCUT2D eigenvalue weighted by molar-refractivity contribution is -0.132. The first-order valence-corrected chi connectivity index (χ1v) is 13.7. The van der Waals surface area contributed by atoms with Crippen LogP contribution in [-0.2, 0) is 21.2 Å². The van der Waals surface area contributed by atoms with E-state index in [1.54, 1.807) is 16.4 Å². The first-order valence-electron chi connectivity index (χ1n) is 12.3. The van der Waals surface area contributed by atoms with Crippen molar-refractivity contribution < 1.29 is 17.9 Å². The Bertz CT molecular complexity index is 1010. The number of sulfonamides is 1. The molecule has 2 fully saturated rings. The van der Waals surface area contributed by atoms with Crippen molar-refractivity contribution >= 4 is 15.9 Å². The topological polar surface area (TPSA) is 70.2 Å². The normalized spacial score (nSPS) is 18.1. The monoisotopic (exact) mass is 485 g/mol. The number of aryl methyl sites for hydroxylation is 1. The van der Waals surface area contributed by atoms with E-state index in [9.17, 15) is 13.2 Å². The summed E-state index contributed by atoms with van der Waals surface area (Å²) in [5, 5.41) is 0. The van der Waals surface area contributed by atoms with E-state index in [2.05, 4.69) is 4.90 Å². The molecular formula is C26H35N3O4S. The second-order valence-electron chi connectivity index (χ2n) is 8.99. The molecule has 2 aromatic carbocycles. The molecule has 8 heteroatoms. The van der Waals surface area contributed by atoms with Crippen molar-refractivity contribution in [1.82, 2.24) is 14.1 Å². The summed E-state index contributed by atoms with van der Waals surface area (Å²) in [6, 6.07) is 16.9. The maximum Gasteiger partial charge on any atom is 0.243 e. The van der Waals surface area contributed by atoms with Gasteiger partial charge in [0.15, 0.2) is 0 Å². The summed E-state index contributed by atoms with van der Waals surface area (Å²) in [6.45, 7) is 5.87. The van der Waals surface area contributed by atoms with Gasteiger partial charge in [0.2, 0.25) is 15.9 Å². The van der Waals surface area contributed by atoms with Gasteiger partial charge < -0.3 is 9.64 Å². The smallest absolute Gasteiger partial charge is 0.243 e. The van der Waals surface area contributed by atoms with E-state index in [0.29, 0.717) is 37.4 Å². The number of piperidine rings is 1. The van der Waals surface area contributed by atoms with Crippen LogP contribution < -0.4 is 4.74 Å². The number of rotatable bonds is 9. The van der Waals surface area contributed by atoms with E-state index in [1.807, 2.05) is 47.4 Å². The Morgan fingerprint density at radius 2 is 1.50 bits per heavy atom. The van der Waals surface area contributed by atoms with Crippen molar-refractivity contribution in [1.29, 1.82) is 0 Å². The third-order valence-electron chi connectivity index (χ3n) is 6.65. The van der Waals surface area contributed by atoms with Crippen LogP contribution in [0.25, 0.3) is 0 Å². The molecule has 1 amide bonds. The molecule has 0 aliphatic carbocycles. The molecule has 0 bridgehead atoms. The molecule has 0 radical (unpaired) electrons. The minimum atomic E-state index is -3.41. The Hall–Kier alpha value is -2.42. The summed E-state index contributed by atoms with van der Waals surface area (Å²) in [7, 11) is -3.41. The number of amides is 1. The number of benzene rings is 2. The molecule has 0 spiro atoms. The summed E-state index contributed by atoms with van der Waals surface area (Å²) in [5.74, 6) is 1.04. The molecule has 0 unspecified atom stereocenters. The fraction of sp³-hybridized carbons (Fsp3) is 0.500. The van der Waals surface area contributed by atoms with Gasteiger partial charge in [-0.25, -0.2) is 8.42 Å². The van der Waals surface area contributed by atoms with Gasteiger partial charge in [0.25, 0.3) is 0 Å². The number of ether oxygens (including phenoxy) is 1. The zero-order valence-corrected chi connectivity index (χ0v) is 20.6. The van der Waals surface area contributed by atoms with Crippen molar-refractivity contribution in [3.63, 3.8) is 0 Å². The van der Waals surface area contributed by atoms with E-state index in [0.717, 1.165) is 63.3 Å². The van der Waals surface area contributed by atoms with Crippen LogP contribution in [0.5, 0.6) is 5.75 Å². The van der Waals surface area contributed by atoms with Gasteiger partial charge in [-0.3, -0.25) is 9.69 Å². The van der Waals surface area contributed by atoms with Gasteiger partial charge in [0, 0.05) is 52.2 Å². The average Bonchev–Trinajstić information content (AvgIpc) is 2.89. The average molecular weight is 486 g/mol. The predicted octanol–water partition coefficient (Wildman–Crippen LogP) is 3.02. The minimum absolute atomic E-state index is 0.158. The van der Waals surface area contributed by atoms with Crippen LogP contribution in [0.3, 0.4) is 0 Å². The summed E-state index contributed by atoms with van der Waals surface area (Å²) in [6.07, 6.45) is 4.00. The first kappa shape index (κ1) is 24.7. The van der Waals surface area contributed by atoms with E-state index >= 15 is 0 Å². The lowest BCUT2D eigenvalue weighted by atomic mass is 10.1. The second kappa shape index (κ2) is 11.8. The fourth-order valence-corrected chi connectivity index (χ4v) is 6.04. The van der Waals surface area contributed by atoms with Crippen molar-refractivity contribution in [2.45, 2.75) is 37.0 Å². The van der Waals surface area contributed by atoms with Crippen molar-refractivity contribution in [3.05, 3.63) is 60.2 Å². The van der Waals surface area contributed by atoms with Gasteiger partial charge in [-0.15, -0.1) is 0 Å². The quantitative estimate of drug-likeness (QED) is 0.546. The molecule has 4 rings (SSSR count). The first-order chi connectivity index (χ1) is 16.5. The molecule has 2 aromatic rings. The Labute approximate surface area is 203 Å². The zero-order valence-electron chi connectivity index (χ0n) is 19.8. The van der Waals surface area contributed by atoms with Crippen LogP contribution in [0.4, 0.5) is 0 Å². The summed E-state index contributed by atoms with van der Waals surface area (Å²) in [4.78, 5) is 17.3. The molecule has 0 atom stereocenters. The van der Waals surface area contributed by atoms with Crippen LogP contribution in [0.2, 0.25) is 0 Å². The molecule has 34 heavy (non-hydrogen) atoms. The third-order valence-corrected chi connectivity index (χ3v) is 8.56. The highest BCUT2D eigenvalue weighted by Gasteiger charge is 2.26. The Morgan fingerprint density at radius 3 is 2.18 bits per heavy atom. The minimum Gasteiger partial charge on any atom is -0.492 e. The number of nitrogens with zero attached hydrogens (tertiary/aromatic N) is 3. The summed E-state index contributed by atoms with van der Waals surface area (Å²) in [5.41, 5.74) is 0.989. The highest BCUT2D eigenvalue weighted by Crippen LogP contribution is 2.21. The number of para-hydroxylation sites is 1. The zero-order chi connectivity index (χ0) is 23.8. The Morgan fingerprint density at radius 1 is 0.824 bits per heavy atom. The van der Waals surface area contributed by atoms with E-state index in [-0.39, 0.29) is 5.91 Å². The maximum absolute atomic E-state index is 12.8. The van der Waals surface area contributed by atoms with Gasteiger partial charge >= 0.3 is 0 Å². The number of piperazine rings is 1.